The molecule has 4 heterocycles. The summed E-state index contributed by atoms with van der Waals surface area (Å²) in [5, 5.41) is 3.01. The van der Waals surface area contributed by atoms with Gasteiger partial charge in [0.25, 0.3) is 5.91 Å². The monoisotopic (exact) mass is 403 g/mol. The number of nitrogens with one attached hydrogen (secondary N) is 1. The highest BCUT2D eigenvalue weighted by Gasteiger charge is 2.60. The Hall–Kier alpha value is -3.68. The zero-order valence-corrected chi connectivity index (χ0v) is 16.7. The molecule has 1 fully saturated rings. The van der Waals surface area contributed by atoms with Gasteiger partial charge in [-0.1, -0.05) is 18.2 Å². The van der Waals surface area contributed by atoms with Gasteiger partial charge in [-0.2, -0.15) is 0 Å². The first-order valence-corrected chi connectivity index (χ1v) is 9.76. The van der Waals surface area contributed by atoms with E-state index in [0.717, 1.165) is 11.3 Å². The van der Waals surface area contributed by atoms with Crippen LogP contribution in [0.2, 0.25) is 0 Å². The smallest absolute Gasteiger partial charge is 0.260 e. The predicted molar refractivity (Wildman–Crippen MR) is 109 cm³/mol. The van der Waals surface area contributed by atoms with E-state index in [9.17, 15) is 9.59 Å². The van der Waals surface area contributed by atoms with E-state index in [1.807, 2.05) is 42.1 Å². The Bertz CT molecular complexity index is 1160. The molecule has 2 atom stereocenters. The summed E-state index contributed by atoms with van der Waals surface area (Å²) in [7, 11) is 3.36. The van der Waals surface area contributed by atoms with Gasteiger partial charge in [-0.05, 0) is 30.2 Å². The lowest BCUT2D eigenvalue weighted by molar-refractivity contribution is -0.121. The van der Waals surface area contributed by atoms with Crippen LogP contribution in [0.15, 0.2) is 55.0 Å². The maximum Gasteiger partial charge on any atom is 0.260 e. The standard InChI is InChI=1S/C22H21N5O3/c1-26-13-11-23-18(26)17-22(15-7-3-4-8-16(15)25-21(22)29)9-12-27(17)20(28)14-6-5-10-24-19(14)30-2/h3-8,10-11,13,17H,9,12H2,1-2H3,(H,25,29)/t17-,22+/m0/s1. The fourth-order valence-electron chi connectivity index (χ4n) is 4.78. The van der Waals surface area contributed by atoms with E-state index in [1.54, 1.807) is 29.4 Å². The van der Waals surface area contributed by atoms with Gasteiger partial charge in [-0.3, -0.25) is 9.59 Å². The summed E-state index contributed by atoms with van der Waals surface area (Å²) in [5.74, 6) is 0.584. The van der Waals surface area contributed by atoms with Gasteiger partial charge in [0.15, 0.2) is 0 Å². The molecule has 0 saturated carbocycles. The van der Waals surface area contributed by atoms with Crippen LogP contribution in [0.25, 0.3) is 0 Å². The topological polar surface area (TPSA) is 89.3 Å². The molecule has 30 heavy (non-hydrogen) atoms. The van der Waals surface area contributed by atoms with Crippen LogP contribution in [0.5, 0.6) is 5.88 Å². The van der Waals surface area contributed by atoms with Crippen molar-refractivity contribution in [3.05, 3.63) is 71.9 Å². The maximum absolute atomic E-state index is 13.6. The summed E-state index contributed by atoms with van der Waals surface area (Å²) in [6.07, 6.45) is 5.60. The molecule has 152 valence electrons. The first-order chi connectivity index (χ1) is 14.6. The molecule has 8 nitrogen and oxygen atoms in total. The number of fused-ring (bicyclic) bond motifs is 2. The summed E-state index contributed by atoms with van der Waals surface area (Å²) in [6, 6.07) is 10.5. The van der Waals surface area contributed by atoms with E-state index >= 15 is 0 Å². The van der Waals surface area contributed by atoms with Crippen molar-refractivity contribution < 1.29 is 14.3 Å². The fourth-order valence-corrected chi connectivity index (χ4v) is 4.78. The Morgan fingerprint density at radius 1 is 1.20 bits per heavy atom. The van der Waals surface area contributed by atoms with Gasteiger partial charge in [0, 0.05) is 37.9 Å². The van der Waals surface area contributed by atoms with E-state index in [2.05, 4.69) is 15.3 Å². The number of likely N-dealkylation sites (tertiary alicyclic amines) is 1. The number of aryl methyl sites for hydroxylation is 1. The molecule has 5 rings (SSSR count). The van der Waals surface area contributed by atoms with Gasteiger partial charge in [0.2, 0.25) is 11.8 Å². The molecule has 2 aliphatic rings. The number of anilines is 1. The van der Waals surface area contributed by atoms with Crippen LogP contribution in [0.1, 0.15) is 34.2 Å². The third kappa shape index (κ3) is 2.39. The van der Waals surface area contributed by atoms with E-state index < -0.39 is 11.5 Å². The fraction of sp³-hybridized carbons (Fsp3) is 0.273. The number of imidazole rings is 1. The highest BCUT2D eigenvalue weighted by molar-refractivity contribution is 6.08. The van der Waals surface area contributed by atoms with E-state index in [-0.39, 0.29) is 17.7 Å². The molecule has 1 N–H and O–H groups in total. The van der Waals surface area contributed by atoms with Crippen molar-refractivity contribution in [2.75, 3.05) is 19.0 Å². The SMILES string of the molecule is COc1ncccc1C(=O)N1CC[C@]2(C(=O)Nc3ccccc32)[C@@H]1c1nccn1C. The average molecular weight is 403 g/mol. The van der Waals surface area contributed by atoms with Crippen LogP contribution in [-0.4, -0.2) is 44.9 Å². The van der Waals surface area contributed by atoms with E-state index in [1.165, 1.54) is 7.11 Å². The normalized spacial score (nSPS) is 22.3. The highest BCUT2D eigenvalue weighted by Crippen LogP contribution is 2.54. The third-order valence-electron chi connectivity index (χ3n) is 6.15. The molecule has 1 saturated heterocycles. The first-order valence-electron chi connectivity index (χ1n) is 9.76. The van der Waals surface area contributed by atoms with Crippen molar-refractivity contribution in [3.8, 4) is 5.88 Å². The van der Waals surface area contributed by atoms with Crippen LogP contribution in [0, 0.1) is 0 Å². The van der Waals surface area contributed by atoms with Crippen LogP contribution in [0.3, 0.4) is 0 Å². The van der Waals surface area contributed by atoms with Crippen LogP contribution >= 0.6 is 0 Å². The number of carbonyl (C=O) groups excluding carboxylic acids is 2. The average Bonchev–Trinajstić information content (AvgIpc) is 3.44. The minimum Gasteiger partial charge on any atom is -0.480 e. The highest BCUT2D eigenvalue weighted by atomic mass is 16.5. The molecule has 2 amide bonds. The first kappa shape index (κ1) is 18.4. The van der Waals surface area contributed by atoms with Crippen LogP contribution < -0.4 is 10.1 Å². The number of para-hydroxylation sites is 1. The number of ether oxygens (including phenoxy) is 1. The molecule has 2 aliphatic heterocycles. The van der Waals surface area contributed by atoms with Gasteiger partial charge < -0.3 is 19.5 Å². The Kier molecular flexibility index (Phi) is 4.09. The van der Waals surface area contributed by atoms with E-state index in [4.69, 9.17) is 4.74 Å². The number of benzene rings is 1. The molecular formula is C22H21N5O3. The number of pyridine rings is 1. The number of hydrogen-bond acceptors (Lipinski definition) is 5. The van der Waals surface area contributed by atoms with Crippen molar-refractivity contribution in [2.45, 2.75) is 17.9 Å². The van der Waals surface area contributed by atoms with Gasteiger partial charge in [0.05, 0.1) is 7.11 Å². The number of aromatic nitrogens is 3. The number of amides is 2. The number of hydrogen-bond donors (Lipinski definition) is 1. The van der Waals surface area contributed by atoms with Crippen LogP contribution in [-0.2, 0) is 17.3 Å². The van der Waals surface area contributed by atoms with Gasteiger partial charge in [-0.25, -0.2) is 9.97 Å². The maximum atomic E-state index is 13.6. The number of rotatable bonds is 3. The van der Waals surface area contributed by atoms with E-state index in [0.29, 0.717) is 24.4 Å². The predicted octanol–water partition coefficient (Wildman–Crippen LogP) is 2.30. The lowest BCUT2D eigenvalue weighted by Crippen LogP contribution is -2.43. The van der Waals surface area contributed by atoms with Gasteiger partial charge >= 0.3 is 0 Å². The second-order valence-corrected chi connectivity index (χ2v) is 7.58. The minimum atomic E-state index is -0.902. The molecule has 1 aromatic carbocycles. The second kappa shape index (κ2) is 6.69. The lowest BCUT2D eigenvalue weighted by atomic mass is 9.74. The van der Waals surface area contributed by atoms with Crippen molar-refractivity contribution in [1.82, 2.24) is 19.4 Å². The molecule has 0 aliphatic carbocycles. The third-order valence-corrected chi connectivity index (χ3v) is 6.15. The number of nitrogens with zero attached hydrogens (tertiary/aromatic N) is 4. The molecule has 3 aromatic rings. The molecule has 0 radical (unpaired) electrons. The number of methoxy groups -OCH3 is 1. The summed E-state index contributed by atoms with van der Waals surface area (Å²) < 4.78 is 7.18. The lowest BCUT2D eigenvalue weighted by Gasteiger charge is -2.33. The van der Waals surface area contributed by atoms with Crippen molar-refractivity contribution in [2.24, 2.45) is 7.05 Å². The molecule has 8 heteroatoms. The molecule has 0 unspecified atom stereocenters. The molecule has 1 spiro atoms. The summed E-state index contributed by atoms with van der Waals surface area (Å²) >= 11 is 0. The number of carbonyl (C=O) groups is 2. The zero-order valence-electron chi connectivity index (χ0n) is 16.7. The Morgan fingerprint density at radius 3 is 2.80 bits per heavy atom. The van der Waals surface area contributed by atoms with Gasteiger partial charge in [-0.15, -0.1) is 0 Å². The molecular weight excluding hydrogens is 382 g/mol. The largest absolute Gasteiger partial charge is 0.480 e. The molecule has 2 aromatic heterocycles. The Balaban J connectivity index is 1.68. The van der Waals surface area contributed by atoms with Crippen molar-refractivity contribution in [3.63, 3.8) is 0 Å². The molecule has 0 bridgehead atoms. The van der Waals surface area contributed by atoms with Crippen LogP contribution in [0.4, 0.5) is 5.69 Å². The summed E-state index contributed by atoms with van der Waals surface area (Å²) in [6.45, 7) is 0.413. The quantitative estimate of drug-likeness (QED) is 0.725. The van der Waals surface area contributed by atoms with Gasteiger partial charge in [0.1, 0.15) is 22.8 Å². The minimum absolute atomic E-state index is 0.106. The zero-order chi connectivity index (χ0) is 20.9. The van der Waals surface area contributed by atoms with Crippen molar-refractivity contribution >= 4 is 17.5 Å². The van der Waals surface area contributed by atoms with Crippen molar-refractivity contribution in [1.29, 1.82) is 0 Å². The Morgan fingerprint density at radius 2 is 2.03 bits per heavy atom. The summed E-state index contributed by atoms with van der Waals surface area (Å²) in [4.78, 5) is 37.4. The Labute approximate surface area is 173 Å². The summed E-state index contributed by atoms with van der Waals surface area (Å²) in [5.41, 5.74) is 1.15. The second-order valence-electron chi connectivity index (χ2n) is 7.58.